The standard InChI is InChI=1S/C22H36N4O2/c1-3-23-22(26-15-17-28-21(18-26)20-12-9-16-27-20)24-13-7-8-14-25(2)19-10-5-4-6-11-19/h4-6,10-11,20-21H,3,7-9,12-18H2,1-2H3,(H,23,24). The summed E-state index contributed by atoms with van der Waals surface area (Å²) in [4.78, 5) is 9.54. The van der Waals surface area contributed by atoms with E-state index in [0.717, 1.165) is 77.6 Å². The third kappa shape index (κ3) is 6.11. The van der Waals surface area contributed by atoms with Gasteiger partial charge >= 0.3 is 0 Å². The second-order valence-corrected chi connectivity index (χ2v) is 7.61. The number of nitrogens with one attached hydrogen (secondary N) is 1. The van der Waals surface area contributed by atoms with Crippen LogP contribution in [0.2, 0.25) is 0 Å². The monoisotopic (exact) mass is 388 g/mol. The van der Waals surface area contributed by atoms with Crippen molar-refractivity contribution in [1.82, 2.24) is 10.2 Å². The molecule has 0 bridgehead atoms. The Kier molecular flexibility index (Phi) is 8.42. The van der Waals surface area contributed by atoms with Crippen LogP contribution in [0.15, 0.2) is 35.3 Å². The molecule has 0 spiro atoms. The Morgan fingerprint density at radius 1 is 1.18 bits per heavy atom. The average molecular weight is 389 g/mol. The van der Waals surface area contributed by atoms with Gasteiger partial charge < -0.3 is 24.6 Å². The van der Waals surface area contributed by atoms with E-state index < -0.39 is 0 Å². The number of hydrogen-bond acceptors (Lipinski definition) is 4. The Labute approximate surface area is 169 Å². The fourth-order valence-electron chi connectivity index (χ4n) is 3.87. The fourth-order valence-corrected chi connectivity index (χ4v) is 3.87. The SMILES string of the molecule is CCNC(=NCCCCN(C)c1ccccc1)N1CCOC(C2CCCO2)C1. The van der Waals surface area contributed by atoms with Gasteiger partial charge in [-0.3, -0.25) is 4.99 Å². The molecule has 6 nitrogen and oxygen atoms in total. The van der Waals surface area contributed by atoms with Crippen LogP contribution in [0.5, 0.6) is 0 Å². The zero-order chi connectivity index (χ0) is 19.6. The number of para-hydroxylation sites is 1. The van der Waals surface area contributed by atoms with Crippen molar-refractivity contribution in [3.8, 4) is 0 Å². The van der Waals surface area contributed by atoms with E-state index in [2.05, 4.69) is 59.4 Å². The Balaban J connectivity index is 1.44. The molecule has 2 aliphatic heterocycles. The van der Waals surface area contributed by atoms with Gasteiger partial charge in [0.05, 0.1) is 12.7 Å². The molecule has 3 rings (SSSR count). The van der Waals surface area contributed by atoms with Crippen LogP contribution in [0.4, 0.5) is 5.69 Å². The fraction of sp³-hybridized carbons (Fsp3) is 0.682. The van der Waals surface area contributed by atoms with Crippen LogP contribution in [-0.4, -0.2) is 76.1 Å². The highest BCUT2D eigenvalue weighted by molar-refractivity contribution is 5.80. The topological polar surface area (TPSA) is 49.3 Å². The van der Waals surface area contributed by atoms with Gasteiger partial charge in [0.2, 0.25) is 0 Å². The van der Waals surface area contributed by atoms with Gasteiger partial charge in [-0.15, -0.1) is 0 Å². The largest absolute Gasteiger partial charge is 0.375 e. The van der Waals surface area contributed by atoms with Gasteiger partial charge in [-0.2, -0.15) is 0 Å². The summed E-state index contributed by atoms with van der Waals surface area (Å²) >= 11 is 0. The van der Waals surface area contributed by atoms with Gasteiger partial charge in [0.15, 0.2) is 5.96 Å². The third-order valence-corrected chi connectivity index (χ3v) is 5.47. The number of aliphatic imine (C=N–C) groups is 1. The summed E-state index contributed by atoms with van der Waals surface area (Å²) in [6.45, 7) is 8.30. The van der Waals surface area contributed by atoms with Crippen LogP contribution in [-0.2, 0) is 9.47 Å². The molecule has 1 aromatic rings. The van der Waals surface area contributed by atoms with E-state index in [9.17, 15) is 0 Å². The van der Waals surface area contributed by atoms with Crippen molar-refractivity contribution in [2.45, 2.75) is 44.8 Å². The number of anilines is 1. The lowest BCUT2D eigenvalue weighted by Crippen LogP contribution is -2.53. The predicted octanol–water partition coefficient (Wildman–Crippen LogP) is 2.75. The van der Waals surface area contributed by atoms with E-state index in [1.165, 1.54) is 5.69 Å². The molecule has 1 aromatic carbocycles. The highest BCUT2D eigenvalue weighted by Crippen LogP contribution is 2.21. The van der Waals surface area contributed by atoms with E-state index >= 15 is 0 Å². The van der Waals surface area contributed by atoms with Crippen molar-refractivity contribution in [2.75, 3.05) is 57.9 Å². The lowest BCUT2D eigenvalue weighted by atomic mass is 10.1. The van der Waals surface area contributed by atoms with Crippen LogP contribution in [0.3, 0.4) is 0 Å². The maximum absolute atomic E-state index is 5.98. The second-order valence-electron chi connectivity index (χ2n) is 7.61. The van der Waals surface area contributed by atoms with Crippen LogP contribution in [0.25, 0.3) is 0 Å². The summed E-state index contributed by atoms with van der Waals surface area (Å²) in [5.74, 6) is 1.02. The van der Waals surface area contributed by atoms with Crippen molar-refractivity contribution in [3.63, 3.8) is 0 Å². The molecular formula is C22H36N4O2. The van der Waals surface area contributed by atoms with E-state index in [1.807, 2.05) is 0 Å². The second kappa shape index (κ2) is 11.3. The Bertz CT molecular complexity index is 589. The summed E-state index contributed by atoms with van der Waals surface area (Å²) in [6, 6.07) is 10.5. The van der Waals surface area contributed by atoms with Gasteiger partial charge in [0.1, 0.15) is 6.10 Å². The van der Waals surface area contributed by atoms with E-state index in [1.54, 1.807) is 0 Å². The number of guanidine groups is 1. The third-order valence-electron chi connectivity index (χ3n) is 5.47. The molecule has 28 heavy (non-hydrogen) atoms. The summed E-state index contributed by atoms with van der Waals surface area (Å²) in [5, 5.41) is 3.46. The number of rotatable bonds is 8. The molecule has 0 aromatic heterocycles. The molecule has 0 aliphatic carbocycles. The van der Waals surface area contributed by atoms with Crippen molar-refractivity contribution in [3.05, 3.63) is 30.3 Å². The van der Waals surface area contributed by atoms with Gasteiger partial charge in [-0.05, 0) is 44.7 Å². The van der Waals surface area contributed by atoms with E-state index in [-0.39, 0.29) is 12.2 Å². The molecule has 156 valence electrons. The first-order chi connectivity index (χ1) is 13.8. The Hall–Kier alpha value is -1.79. The van der Waals surface area contributed by atoms with Gasteiger partial charge in [-0.1, -0.05) is 18.2 Å². The van der Waals surface area contributed by atoms with Crippen LogP contribution in [0, 0.1) is 0 Å². The zero-order valence-electron chi connectivity index (χ0n) is 17.5. The molecule has 2 saturated heterocycles. The summed E-state index contributed by atoms with van der Waals surface area (Å²) in [5.41, 5.74) is 1.27. The van der Waals surface area contributed by atoms with E-state index in [4.69, 9.17) is 14.5 Å². The Morgan fingerprint density at radius 3 is 2.75 bits per heavy atom. The van der Waals surface area contributed by atoms with Crippen LogP contribution < -0.4 is 10.2 Å². The average Bonchev–Trinajstić information content (AvgIpc) is 3.28. The normalized spacial score (nSPS) is 23.1. The summed E-state index contributed by atoms with van der Waals surface area (Å²) in [6.07, 6.45) is 4.90. The maximum Gasteiger partial charge on any atom is 0.194 e. The minimum atomic E-state index is 0.166. The van der Waals surface area contributed by atoms with Gasteiger partial charge in [-0.25, -0.2) is 0 Å². The molecule has 0 saturated carbocycles. The number of hydrogen-bond donors (Lipinski definition) is 1. The van der Waals surface area contributed by atoms with E-state index in [0.29, 0.717) is 0 Å². The predicted molar refractivity (Wildman–Crippen MR) is 115 cm³/mol. The van der Waals surface area contributed by atoms with Gasteiger partial charge in [0, 0.05) is 52.1 Å². The van der Waals surface area contributed by atoms with Gasteiger partial charge in [0.25, 0.3) is 0 Å². The smallest absolute Gasteiger partial charge is 0.194 e. The van der Waals surface area contributed by atoms with Crippen LogP contribution >= 0.6 is 0 Å². The molecule has 2 heterocycles. The molecule has 2 fully saturated rings. The zero-order valence-corrected chi connectivity index (χ0v) is 17.5. The molecule has 1 N–H and O–H groups in total. The molecule has 2 unspecified atom stereocenters. The minimum Gasteiger partial charge on any atom is -0.375 e. The number of morpholine rings is 1. The first kappa shape index (κ1) is 20.9. The number of unbranched alkanes of at least 4 members (excludes halogenated alkanes) is 1. The highest BCUT2D eigenvalue weighted by Gasteiger charge is 2.32. The Morgan fingerprint density at radius 2 is 2.00 bits per heavy atom. The van der Waals surface area contributed by atoms with Crippen molar-refractivity contribution in [2.24, 2.45) is 4.99 Å². The molecular weight excluding hydrogens is 352 g/mol. The molecule has 0 radical (unpaired) electrons. The lowest BCUT2D eigenvalue weighted by molar-refractivity contribution is -0.0817. The number of ether oxygens (including phenoxy) is 2. The summed E-state index contributed by atoms with van der Waals surface area (Å²) < 4.78 is 11.8. The molecule has 6 heteroatoms. The van der Waals surface area contributed by atoms with Crippen molar-refractivity contribution < 1.29 is 9.47 Å². The quantitative estimate of drug-likeness (QED) is 0.422. The first-order valence-corrected chi connectivity index (χ1v) is 10.8. The highest BCUT2D eigenvalue weighted by atomic mass is 16.5. The first-order valence-electron chi connectivity index (χ1n) is 10.8. The number of benzene rings is 1. The summed E-state index contributed by atoms with van der Waals surface area (Å²) in [7, 11) is 2.15. The number of nitrogens with zero attached hydrogens (tertiary/aromatic N) is 3. The van der Waals surface area contributed by atoms with Crippen molar-refractivity contribution in [1.29, 1.82) is 0 Å². The minimum absolute atomic E-state index is 0.166. The lowest BCUT2D eigenvalue weighted by Gasteiger charge is -2.37. The molecule has 2 aliphatic rings. The molecule has 2 atom stereocenters. The van der Waals surface area contributed by atoms with Crippen molar-refractivity contribution >= 4 is 11.6 Å². The maximum atomic E-state index is 5.98. The molecule has 0 amide bonds. The van der Waals surface area contributed by atoms with Crippen LogP contribution in [0.1, 0.15) is 32.6 Å².